The molecule has 0 saturated carbocycles. The second-order valence-corrected chi connectivity index (χ2v) is 5.78. The van der Waals surface area contributed by atoms with Crippen LogP contribution in [0.25, 0.3) is 11.0 Å². The first kappa shape index (κ1) is 16.3. The molecule has 2 rings (SSSR count). The molecule has 0 unspecified atom stereocenters. The van der Waals surface area contributed by atoms with E-state index in [0.29, 0.717) is 22.6 Å². The zero-order chi connectivity index (χ0) is 16.2. The Morgan fingerprint density at radius 1 is 1.41 bits per heavy atom. The Balaban J connectivity index is 2.41. The normalized spacial score (nSPS) is 13.8. The van der Waals surface area contributed by atoms with E-state index in [-0.39, 0.29) is 6.61 Å². The van der Waals surface area contributed by atoms with Gasteiger partial charge in [-0.25, -0.2) is 9.97 Å². The van der Waals surface area contributed by atoms with Crippen LogP contribution < -0.4 is 15.8 Å². The van der Waals surface area contributed by atoms with Crippen molar-refractivity contribution in [1.82, 2.24) is 9.97 Å². The van der Waals surface area contributed by atoms with Crippen molar-refractivity contribution in [2.75, 3.05) is 24.8 Å². The van der Waals surface area contributed by atoms with Crippen LogP contribution in [-0.4, -0.2) is 34.3 Å². The maximum Gasteiger partial charge on any atom is 0.139 e. The van der Waals surface area contributed by atoms with E-state index < -0.39 is 5.54 Å². The lowest BCUT2D eigenvalue weighted by molar-refractivity contribution is 0.212. The number of rotatable bonds is 7. The lowest BCUT2D eigenvalue weighted by Gasteiger charge is -2.30. The first-order valence-electron chi connectivity index (χ1n) is 7.50. The highest BCUT2D eigenvalue weighted by Gasteiger charge is 2.23. The summed E-state index contributed by atoms with van der Waals surface area (Å²) in [4.78, 5) is 8.70. The van der Waals surface area contributed by atoms with Gasteiger partial charge >= 0.3 is 0 Å². The molecule has 6 nitrogen and oxygen atoms in total. The fourth-order valence-electron chi connectivity index (χ4n) is 2.40. The van der Waals surface area contributed by atoms with Gasteiger partial charge in [-0.15, -0.1) is 0 Å². The Morgan fingerprint density at radius 3 is 2.82 bits per heavy atom. The third-order valence-electron chi connectivity index (χ3n) is 3.74. The molecule has 2 aromatic heterocycles. The van der Waals surface area contributed by atoms with E-state index in [2.05, 4.69) is 22.2 Å². The molecule has 4 N–H and O–H groups in total. The van der Waals surface area contributed by atoms with Crippen molar-refractivity contribution in [3.63, 3.8) is 0 Å². The van der Waals surface area contributed by atoms with E-state index in [1.807, 2.05) is 6.92 Å². The van der Waals surface area contributed by atoms with Crippen LogP contribution in [0.4, 0.5) is 11.5 Å². The fourth-order valence-corrected chi connectivity index (χ4v) is 2.40. The van der Waals surface area contributed by atoms with Gasteiger partial charge in [0, 0.05) is 12.1 Å². The van der Waals surface area contributed by atoms with Crippen molar-refractivity contribution >= 4 is 22.5 Å². The topological polar surface area (TPSA) is 93.3 Å². The Morgan fingerprint density at radius 2 is 2.18 bits per heavy atom. The molecule has 0 amide bonds. The maximum atomic E-state index is 9.75. The number of aliphatic hydroxyl groups excluding tert-OH is 1. The molecule has 6 heteroatoms. The third-order valence-corrected chi connectivity index (χ3v) is 3.74. The summed E-state index contributed by atoms with van der Waals surface area (Å²) in [5.41, 5.74) is 7.63. The third kappa shape index (κ3) is 3.57. The van der Waals surface area contributed by atoms with Gasteiger partial charge in [-0.3, -0.25) is 0 Å². The molecule has 120 valence electrons. The predicted molar refractivity (Wildman–Crippen MR) is 89.1 cm³/mol. The summed E-state index contributed by atoms with van der Waals surface area (Å²) in [6.45, 7) is 4.16. The lowest BCUT2D eigenvalue weighted by Crippen LogP contribution is -2.38. The van der Waals surface area contributed by atoms with Crippen LogP contribution in [0.1, 0.15) is 33.1 Å². The van der Waals surface area contributed by atoms with Gasteiger partial charge in [0.25, 0.3) is 0 Å². The summed E-state index contributed by atoms with van der Waals surface area (Å²) in [6.07, 6.45) is 4.61. The zero-order valence-corrected chi connectivity index (χ0v) is 13.4. The maximum absolute atomic E-state index is 9.75. The van der Waals surface area contributed by atoms with Gasteiger partial charge in [0.15, 0.2) is 0 Å². The smallest absolute Gasteiger partial charge is 0.139 e. The number of nitrogens with two attached hydrogens (primary N) is 1. The lowest BCUT2D eigenvalue weighted by atomic mass is 9.95. The number of aromatic nitrogens is 2. The SMILES string of the molecule is CCCC[C@](C)(CO)Nc1cc(N)nc2cc(OC)cnc12. The minimum Gasteiger partial charge on any atom is -0.495 e. The van der Waals surface area contributed by atoms with Crippen LogP contribution in [0.15, 0.2) is 18.3 Å². The number of anilines is 2. The van der Waals surface area contributed by atoms with Crippen LogP contribution >= 0.6 is 0 Å². The monoisotopic (exact) mass is 304 g/mol. The summed E-state index contributed by atoms with van der Waals surface area (Å²) in [6, 6.07) is 3.55. The molecule has 0 bridgehead atoms. The number of hydrogen-bond donors (Lipinski definition) is 3. The number of aliphatic hydroxyl groups is 1. The molecular weight excluding hydrogens is 280 g/mol. The van der Waals surface area contributed by atoms with Gasteiger partial charge in [0.05, 0.1) is 36.7 Å². The molecule has 0 aromatic carbocycles. The molecule has 0 aliphatic heterocycles. The van der Waals surface area contributed by atoms with Crippen molar-refractivity contribution in [2.45, 2.75) is 38.6 Å². The quantitative estimate of drug-likeness (QED) is 0.728. The van der Waals surface area contributed by atoms with Crippen molar-refractivity contribution in [1.29, 1.82) is 0 Å². The van der Waals surface area contributed by atoms with Crippen LogP contribution in [0.2, 0.25) is 0 Å². The van der Waals surface area contributed by atoms with Gasteiger partial charge in [0.2, 0.25) is 0 Å². The number of unbranched alkanes of at least 4 members (excludes halogenated alkanes) is 1. The highest BCUT2D eigenvalue weighted by atomic mass is 16.5. The standard InChI is InChI=1S/C16H24N4O2/c1-4-5-6-16(2,10-21)20-13-8-14(17)19-12-7-11(22-3)9-18-15(12)13/h7-9,21H,4-6,10H2,1-3H3,(H3,17,19,20)/t16-/m1/s1. The number of nitrogens with zero attached hydrogens (tertiary/aromatic N) is 2. The Labute approximate surface area is 130 Å². The van der Waals surface area contributed by atoms with Crippen molar-refractivity contribution < 1.29 is 9.84 Å². The molecule has 2 aromatic rings. The van der Waals surface area contributed by atoms with Crippen LogP contribution in [0.3, 0.4) is 0 Å². The molecule has 0 radical (unpaired) electrons. The van der Waals surface area contributed by atoms with Crippen molar-refractivity contribution in [2.24, 2.45) is 0 Å². The summed E-state index contributed by atoms with van der Waals surface area (Å²) in [5, 5.41) is 13.1. The number of nitrogen functional groups attached to an aromatic ring is 1. The molecule has 1 atom stereocenters. The molecule has 0 fully saturated rings. The van der Waals surface area contributed by atoms with E-state index in [1.54, 1.807) is 25.4 Å². The second kappa shape index (κ2) is 6.79. The van der Waals surface area contributed by atoms with Crippen molar-refractivity contribution in [3.8, 4) is 5.75 Å². The Kier molecular flexibility index (Phi) is 5.03. The number of fused-ring (bicyclic) bond motifs is 1. The molecule has 2 heterocycles. The van der Waals surface area contributed by atoms with E-state index in [1.165, 1.54) is 0 Å². The minimum absolute atomic E-state index is 0.0346. The number of nitrogens with one attached hydrogen (secondary N) is 1. The van der Waals surface area contributed by atoms with Crippen LogP contribution in [-0.2, 0) is 0 Å². The molecule has 0 spiro atoms. The van der Waals surface area contributed by atoms with Gasteiger partial charge in [-0.05, 0) is 13.3 Å². The van der Waals surface area contributed by atoms with Crippen LogP contribution in [0.5, 0.6) is 5.75 Å². The highest BCUT2D eigenvalue weighted by molar-refractivity contribution is 5.90. The Bertz CT molecular complexity index is 647. The predicted octanol–water partition coefficient (Wildman–Crippen LogP) is 2.57. The molecule has 22 heavy (non-hydrogen) atoms. The van der Waals surface area contributed by atoms with E-state index in [4.69, 9.17) is 10.5 Å². The first-order valence-corrected chi connectivity index (χ1v) is 7.50. The fraction of sp³-hybridized carbons (Fsp3) is 0.500. The van der Waals surface area contributed by atoms with Gasteiger partial charge in [-0.2, -0.15) is 0 Å². The number of pyridine rings is 2. The number of ether oxygens (including phenoxy) is 1. The zero-order valence-electron chi connectivity index (χ0n) is 13.4. The summed E-state index contributed by atoms with van der Waals surface area (Å²) in [7, 11) is 1.59. The molecular formula is C16H24N4O2. The van der Waals surface area contributed by atoms with Gasteiger partial charge in [-0.1, -0.05) is 19.8 Å². The number of hydrogen-bond acceptors (Lipinski definition) is 6. The Hall–Kier alpha value is -2.08. The first-order chi connectivity index (χ1) is 10.5. The largest absolute Gasteiger partial charge is 0.495 e. The molecule has 0 saturated heterocycles. The summed E-state index contributed by atoms with van der Waals surface area (Å²) in [5.74, 6) is 1.04. The average Bonchev–Trinajstić information content (AvgIpc) is 2.52. The average molecular weight is 304 g/mol. The van der Waals surface area contributed by atoms with Crippen LogP contribution in [0, 0.1) is 0 Å². The summed E-state index contributed by atoms with van der Waals surface area (Å²) < 4.78 is 5.17. The molecule has 0 aliphatic carbocycles. The van der Waals surface area contributed by atoms with E-state index >= 15 is 0 Å². The summed E-state index contributed by atoms with van der Waals surface area (Å²) >= 11 is 0. The van der Waals surface area contributed by atoms with Gasteiger partial charge in [0.1, 0.15) is 17.1 Å². The highest BCUT2D eigenvalue weighted by Crippen LogP contribution is 2.29. The van der Waals surface area contributed by atoms with Crippen molar-refractivity contribution in [3.05, 3.63) is 18.3 Å². The van der Waals surface area contributed by atoms with E-state index in [9.17, 15) is 5.11 Å². The second-order valence-electron chi connectivity index (χ2n) is 5.78. The molecule has 0 aliphatic rings. The van der Waals surface area contributed by atoms with Gasteiger partial charge < -0.3 is 20.9 Å². The number of methoxy groups -OCH3 is 1. The minimum atomic E-state index is -0.418. The van der Waals surface area contributed by atoms with E-state index in [0.717, 1.165) is 24.9 Å².